The van der Waals surface area contributed by atoms with Crippen LogP contribution in [0, 0.1) is 0 Å². The highest BCUT2D eigenvalue weighted by atomic mass is 19.4. The molecule has 2 aromatic carbocycles. The molecule has 2 amide bonds. The molecule has 0 unspecified atom stereocenters. The lowest BCUT2D eigenvalue weighted by atomic mass is 10.0. The largest absolute Gasteiger partial charge is 0.573 e. The first-order valence-corrected chi connectivity index (χ1v) is 11.6. The Hall–Kier alpha value is -3.89. The second kappa shape index (κ2) is 10.6. The van der Waals surface area contributed by atoms with Crippen LogP contribution < -0.4 is 15.2 Å². The van der Waals surface area contributed by atoms with Crippen molar-refractivity contribution >= 4 is 23.2 Å². The molecule has 1 saturated heterocycles. The molecule has 2 aromatic rings. The van der Waals surface area contributed by atoms with Gasteiger partial charge in [-0.1, -0.05) is 18.2 Å². The average molecular weight is 519 g/mol. The minimum Gasteiger partial charge on any atom is -0.486 e. The summed E-state index contributed by atoms with van der Waals surface area (Å²) in [5, 5.41) is 0. The Morgan fingerprint density at radius 3 is 2.49 bits per heavy atom. The van der Waals surface area contributed by atoms with Crippen molar-refractivity contribution in [3.05, 3.63) is 65.2 Å². The third kappa shape index (κ3) is 6.66. The van der Waals surface area contributed by atoms with E-state index >= 15 is 4.39 Å². The Kier molecular flexibility index (Phi) is 7.51. The maximum atomic E-state index is 15.0. The molecule has 2 aliphatic rings. The van der Waals surface area contributed by atoms with E-state index in [1.165, 1.54) is 17.0 Å². The second-order valence-electron chi connectivity index (χ2n) is 8.89. The lowest BCUT2D eigenvalue weighted by molar-refractivity contribution is -0.274. The van der Waals surface area contributed by atoms with Gasteiger partial charge in [0.25, 0.3) is 5.91 Å². The zero-order chi connectivity index (χ0) is 26.7. The molecule has 0 spiro atoms. The standard InChI is InChI=1S/C26H25F4N3O4/c1-15-2-8-21(32-15)17-5-9-22(19(13-17)25(31)35)36-23-10-11-33(14-20(23)27)24(34)12-16-3-6-18(7-4-16)37-26(28,29)30/h3-9,13,20,23H,2,10-12,14H2,1H3,(H2,31,35)/t20-,23+/m0/s1. The van der Waals surface area contributed by atoms with Gasteiger partial charge in [-0.15, -0.1) is 13.2 Å². The van der Waals surface area contributed by atoms with Crippen molar-refractivity contribution in [2.45, 2.75) is 44.8 Å². The van der Waals surface area contributed by atoms with E-state index in [2.05, 4.69) is 9.73 Å². The topological polar surface area (TPSA) is 94.2 Å². The van der Waals surface area contributed by atoms with Gasteiger partial charge in [-0.2, -0.15) is 0 Å². The van der Waals surface area contributed by atoms with E-state index in [1.807, 2.05) is 13.0 Å². The molecule has 196 valence electrons. The van der Waals surface area contributed by atoms with Crippen LogP contribution in [0.15, 0.2) is 53.5 Å². The molecule has 7 nitrogen and oxygen atoms in total. The number of hydrogen-bond donors (Lipinski definition) is 1. The normalized spacial score (nSPS) is 19.8. The summed E-state index contributed by atoms with van der Waals surface area (Å²) in [6.45, 7) is 1.89. The van der Waals surface area contributed by atoms with Crippen LogP contribution in [0.4, 0.5) is 17.6 Å². The number of aliphatic imine (C=N–C) groups is 1. The van der Waals surface area contributed by atoms with Crippen LogP contribution >= 0.6 is 0 Å². The zero-order valence-electron chi connectivity index (χ0n) is 19.9. The fraction of sp³-hybridized carbons (Fsp3) is 0.346. The molecule has 4 rings (SSSR count). The van der Waals surface area contributed by atoms with Crippen molar-refractivity contribution in [1.82, 2.24) is 4.90 Å². The molecule has 2 aliphatic heterocycles. The number of allylic oxidation sites excluding steroid dienone is 1. The number of carbonyl (C=O) groups is 2. The smallest absolute Gasteiger partial charge is 0.486 e. The lowest BCUT2D eigenvalue weighted by Gasteiger charge is -2.35. The summed E-state index contributed by atoms with van der Waals surface area (Å²) in [5.41, 5.74) is 8.50. The van der Waals surface area contributed by atoms with Crippen LogP contribution in [0.3, 0.4) is 0 Å². The Morgan fingerprint density at radius 1 is 1.16 bits per heavy atom. The van der Waals surface area contributed by atoms with E-state index in [9.17, 15) is 22.8 Å². The molecular formula is C26H25F4N3O4. The van der Waals surface area contributed by atoms with Gasteiger partial charge in [0.05, 0.1) is 24.2 Å². The van der Waals surface area contributed by atoms with Crippen molar-refractivity contribution in [1.29, 1.82) is 0 Å². The Morgan fingerprint density at radius 2 is 1.89 bits per heavy atom. The number of alkyl halides is 4. The molecule has 0 saturated carbocycles. The molecule has 37 heavy (non-hydrogen) atoms. The number of nitrogens with zero attached hydrogens (tertiary/aromatic N) is 2. The van der Waals surface area contributed by atoms with E-state index in [1.54, 1.807) is 18.2 Å². The number of hydrogen-bond acceptors (Lipinski definition) is 5. The quantitative estimate of drug-likeness (QED) is 0.547. The van der Waals surface area contributed by atoms with Gasteiger partial charge in [0.1, 0.15) is 17.6 Å². The van der Waals surface area contributed by atoms with Gasteiger partial charge < -0.3 is 20.1 Å². The number of amides is 2. The number of halogens is 4. The first-order chi connectivity index (χ1) is 17.5. The summed E-state index contributed by atoms with van der Waals surface area (Å²) in [7, 11) is 0. The molecule has 1 fully saturated rings. The minimum absolute atomic E-state index is 0.102. The predicted molar refractivity (Wildman–Crippen MR) is 128 cm³/mol. The summed E-state index contributed by atoms with van der Waals surface area (Å²) in [5.74, 6) is -1.32. The van der Waals surface area contributed by atoms with Gasteiger partial charge in [0, 0.05) is 30.7 Å². The first-order valence-electron chi connectivity index (χ1n) is 11.6. The highest BCUT2D eigenvalue weighted by Gasteiger charge is 2.34. The van der Waals surface area contributed by atoms with Crippen LogP contribution in [0.2, 0.25) is 0 Å². The highest BCUT2D eigenvalue weighted by Crippen LogP contribution is 2.30. The minimum atomic E-state index is -4.80. The summed E-state index contributed by atoms with van der Waals surface area (Å²) >= 11 is 0. The molecule has 0 aromatic heterocycles. The highest BCUT2D eigenvalue weighted by molar-refractivity contribution is 5.98. The van der Waals surface area contributed by atoms with Crippen LogP contribution in [0.5, 0.6) is 11.5 Å². The summed E-state index contributed by atoms with van der Waals surface area (Å²) in [6, 6.07) is 9.81. The van der Waals surface area contributed by atoms with E-state index in [0.717, 1.165) is 30.0 Å². The Balaban J connectivity index is 1.36. The first kappa shape index (κ1) is 26.2. The second-order valence-corrected chi connectivity index (χ2v) is 8.89. The van der Waals surface area contributed by atoms with E-state index in [4.69, 9.17) is 10.5 Å². The number of nitrogens with two attached hydrogens (primary N) is 1. The van der Waals surface area contributed by atoms with Crippen molar-refractivity contribution in [2.24, 2.45) is 10.7 Å². The van der Waals surface area contributed by atoms with E-state index in [-0.39, 0.29) is 43.2 Å². The molecule has 2 atom stereocenters. The number of primary amides is 1. The van der Waals surface area contributed by atoms with Gasteiger partial charge >= 0.3 is 6.36 Å². The lowest BCUT2D eigenvalue weighted by Crippen LogP contribution is -2.49. The number of piperidine rings is 1. The van der Waals surface area contributed by atoms with Crippen molar-refractivity contribution in [3.63, 3.8) is 0 Å². The van der Waals surface area contributed by atoms with Gasteiger partial charge in [0.15, 0.2) is 6.17 Å². The van der Waals surface area contributed by atoms with E-state index in [0.29, 0.717) is 11.1 Å². The van der Waals surface area contributed by atoms with Crippen LogP contribution in [0.1, 0.15) is 41.3 Å². The molecule has 0 radical (unpaired) electrons. The number of likely N-dealkylation sites (tertiary alicyclic amines) is 1. The van der Waals surface area contributed by atoms with Gasteiger partial charge in [-0.25, -0.2) is 4.39 Å². The molecule has 0 bridgehead atoms. The number of rotatable bonds is 7. The van der Waals surface area contributed by atoms with Crippen LogP contribution in [0.25, 0.3) is 5.70 Å². The van der Waals surface area contributed by atoms with Gasteiger partial charge in [-0.3, -0.25) is 14.6 Å². The fourth-order valence-corrected chi connectivity index (χ4v) is 4.21. The average Bonchev–Trinajstić information content (AvgIpc) is 3.27. The zero-order valence-corrected chi connectivity index (χ0v) is 19.9. The third-order valence-corrected chi connectivity index (χ3v) is 6.07. The molecule has 2 N–H and O–H groups in total. The Labute approximate surface area is 210 Å². The SMILES string of the molecule is CC1=NC(c2ccc(O[C@@H]3CCN(C(=O)Cc4ccc(OC(F)(F)F)cc4)C[C@@H]3F)c(C(N)=O)c2)=CC1. The monoisotopic (exact) mass is 519 g/mol. The van der Waals surface area contributed by atoms with Crippen LogP contribution in [-0.2, 0) is 11.2 Å². The summed E-state index contributed by atoms with van der Waals surface area (Å²) in [4.78, 5) is 30.5. The van der Waals surface area contributed by atoms with Crippen LogP contribution in [-0.4, -0.2) is 54.2 Å². The molecule has 0 aliphatic carbocycles. The number of ether oxygens (including phenoxy) is 2. The molecular weight excluding hydrogens is 494 g/mol. The maximum absolute atomic E-state index is 15.0. The number of benzene rings is 2. The van der Waals surface area contributed by atoms with Gasteiger partial charge in [-0.05, 0) is 42.8 Å². The summed E-state index contributed by atoms with van der Waals surface area (Å²) < 4.78 is 61.5. The summed E-state index contributed by atoms with van der Waals surface area (Å²) in [6.07, 6.45) is -4.48. The predicted octanol–water partition coefficient (Wildman–Crippen LogP) is 4.45. The maximum Gasteiger partial charge on any atom is 0.573 e. The van der Waals surface area contributed by atoms with Crippen molar-refractivity contribution in [3.8, 4) is 11.5 Å². The molecule has 2 heterocycles. The Bertz CT molecular complexity index is 1240. The third-order valence-electron chi connectivity index (χ3n) is 6.07. The van der Waals surface area contributed by atoms with Crippen molar-refractivity contribution < 1.29 is 36.6 Å². The fourth-order valence-electron chi connectivity index (χ4n) is 4.21. The number of carbonyl (C=O) groups excluding carboxylic acids is 2. The molecule has 11 heteroatoms. The van der Waals surface area contributed by atoms with E-state index < -0.39 is 30.3 Å². The van der Waals surface area contributed by atoms with Gasteiger partial charge in [0.2, 0.25) is 5.91 Å². The van der Waals surface area contributed by atoms with Crippen molar-refractivity contribution in [2.75, 3.05) is 13.1 Å².